The molecule has 7 heteroatoms. The zero-order valence-corrected chi connectivity index (χ0v) is 15.4. The van der Waals surface area contributed by atoms with Crippen LogP contribution in [-0.2, 0) is 0 Å². The lowest BCUT2D eigenvalue weighted by molar-refractivity contribution is 0.0698. The molecule has 2 aromatic rings. The van der Waals surface area contributed by atoms with Crippen LogP contribution in [0.25, 0.3) is 0 Å². The number of carbonyl (C=O) groups is 2. The lowest BCUT2D eigenvalue weighted by Crippen LogP contribution is -2.46. The van der Waals surface area contributed by atoms with Crippen LogP contribution in [0.15, 0.2) is 42.5 Å². The van der Waals surface area contributed by atoms with Crippen LogP contribution in [0.5, 0.6) is 5.75 Å². The van der Waals surface area contributed by atoms with Crippen LogP contribution in [0.1, 0.15) is 33.6 Å². The number of nitrogens with one attached hydrogen (secondary N) is 1. The summed E-state index contributed by atoms with van der Waals surface area (Å²) in [5.74, 6) is -0.499. The number of likely N-dealkylation sites (tertiary alicyclic amines) is 1. The number of para-hydroxylation sites is 1. The first-order valence-corrected chi connectivity index (χ1v) is 9.04. The maximum absolute atomic E-state index is 12.6. The van der Waals surface area contributed by atoms with Gasteiger partial charge in [0.15, 0.2) is 0 Å². The van der Waals surface area contributed by atoms with E-state index in [1.807, 2.05) is 0 Å². The minimum atomic E-state index is -0.311. The number of amides is 2. The van der Waals surface area contributed by atoms with Crippen molar-refractivity contribution in [3.05, 3.63) is 63.6 Å². The highest BCUT2D eigenvalue weighted by atomic mass is 35.5. The molecule has 0 radical (unpaired) electrons. The first kappa shape index (κ1) is 18.5. The van der Waals surface area contributed by atoms with E-state index in [-0.39, 0.29) is 29.2 Å². The smallest absolute Gasteiger partial charge is 0.255 e. The summed E-state index contributed by atoms with van der Waals surface area (Å²) in [6.45, 7) is 1.03. The van der Waals surface area contributed by atoms with Gasteiger partial charge in [-0.25, -0.2) is 0 Å². The molecule has 0 atom stereocenters. The molecule has 2 N–H and O–H groups in total. The Bertz CT molecular complexity index is 833. The van der Waals surface area contributed by atoms with Gasteiger partial charge in [0.25, 0.3) is 11.8 Å². The van der Waals surface area contributed by atoms with Crippen molar-refractivity contribution in [1.29, 1.82) is 0 Å². The molecule has 0 aromatic heterocycles. The van der Waals surface area contributed by atoms with E-state index in [0.717, 1.165) is 0 Å². The van der Waals surface area contributed by atoms with Gasteiger partial charge in [-0.2, -0.15) is 0 Å². The highest BCUT2D eigenvalue weighted by Crippen LogP contribution is 2.24. The van der Waals surface area contributed by atoms with Crippen molar-refractivity contribution in [2.45, 2.75) is 18.9 Å². The Balaban J connectivity index is 1.58. The number of nitrogens with zero attached hydrogens (tertiary/aromatic N) is 1. The lowest BCUT2D eigenvalue weighted by Gasteiger charge is -2.32. The second-order valence-electron chi connectivity index (χ2n) is 6.18. The fourth-order valence-corrected chi connectivity index (χ4v) is 3.48. The summed E-state index contributed by atoms with van der Waals surface area (Å²) in [5, 5.41) is 13.5. The lowest BCUT2D eigenvalue weighted by atomic mass is 10.0. The molecular formula is C19H18Cl2N2O3. The molecule has 136 valence electrons. The van der Waals surface area contributed by atoms with Crippen LogP contribution in [0.4, 0.5) is 0 Å². The van der Waals surface area contributed by atoms with Gasteiger partial charge >= 0.3 is 0 Å². The third-order valence-electron chi connectivity index (χ3n) is 4.43. The molecule has 2 amide bonds. The van der Waals surface area contributed by atoms with Gasteiger partial charge in [-0.15, -0.1) is 0 Å². The SMILES string of the molecule is O=C(NC1CCN(C(=O)c2ccc(Cl)cc2Cl)CC1)c1ccccc1O. The molecular weight excluding hydrogens is 375 g/mol. The van der Waals surface area contributed by atoms with Crippen LogP contribution in [0.3, 0.4) is 0 Å². The first-order valence-electron chi connectivity index (χ1n) is 8.29. The van der Waals surface area contributed by atoms with Gasteiger partial charge in [-0.1, -0.05) is 35.3 Å². The number of hydrogen-bond donors (Lipinski definition) is 2. The van der Waals surface area contributed by atoms with E-state index in [4.69, 9.17) is 23.2 Å². The Morgan fingerprint density at radius 2 is 1.73 bits per heavy atom. The Labute approximate surface area is 161 Å². The molecule has 1 fully saturated rings. The van der Waals surface area contributed by atoms with Crippen LogP contribution < -0.4 is 5.32 Å². The Morgan fingerprint density at radius 1 is 1.04 bits per heavy atom. The van der Waals surface area contributed by atoms with E-state index in [1.165, 1.54) is 6.07 Å². The van der Waals surface area contributed by atoms with Crippen LogP contribution in [0.2, 0.25) is 10.0 Å². The number of hydrogen-bond acceptors (Lipinski definition) is 3. The van der Waals surface area contributed by atoms with Gasteiger partial charge < -0.3 is 15.3 Å². The van der Waals surface area contributed by atoms with Crippen LogP contribution >= 0.6 is 23.2 Å². The first-order chi connectivity index (χ1) is 12.5. The van der Waals surface area contributed by atoms with E-state index in [0.29, 0.717) is 41.5 Å². The maximum Gasteiger partial charge on any atom is 0.255 e. The number of halogens is 2. The summed E-state index contributed by atoms with van der Waals surface area (Å²) in [6, 6.07) is 11.2. The summed E-state index contributed by atoms with van der Waals surface area (Å²) < 4.78 is 0. The molecule has 2 aromatic carbocycles. The van der Waals surface area contributed by atoms with Crippen molar-refractivity contribution in [1.82, 2.24) is 10.2 Å². The van der Waals surface area contributed by atoms with Gasteiger partial charge in [0.05, 0.1) is 16.1 Å². The molecule has 0 bridgehead atoms. The fourth-order valence-electron chi connectivity index (χ4n) is 2.99. The number of piperidine rings is 1. The minimum Gasteiger partial charge on any atom is -0.507 e. The molecule has 1 aliphatic rings. The maximum atomic E-state index is 12.6. The summed E-state index contributed by atoms with van der Waals surface area (Å²) >= 11 is 12.0. The molecule has 1 aliphatic heterocycles. The largest absolute Gasteiger partial charge is 0.507 e. The monoisotopic (exact) mass is 392 g/mol. The van der Waals surface area contributed by atoms with Crippen molar-refractivity contribution in [3.63, 3.8) is 0 Å². The average molecular weight is 393 g/mol. The van der Waals surface area contributed by atoms with Crippen molar-refractivity contribution in [3.8, 4) is 5.75 Å². The minimum absolute atomic E-state index is 0.0463. The number of phenolic OH excluding ortho intramolecular Hbond substituents is 1. The van der Waals surface area contributed by atoms with Crippen molar-refractivity contribution in [2.24, 2.45) is 0 Å². The second kappa shape index (κ2) is 7.98. The van der Waals surface area contributed by atoms with Gasteiger partial charge in [0, 0.05) is 24.2 Å². The van der Waals surface area contributed by atoms with Gasteiger partial charge in [0.2, 0.25) is 0 Å². The topological polar surface area (TPSA) is 69.6 Å². The van der Waals surface area contributed by atoms with E-state index in [9.17, 15) is 14.7 Å². The number of aromatic hydroxyl groups is 1. The van der Waals surface area contributed by atoms with Crippen molar-refractivity contribution < 1.29 is 14.7 Å². The Morgan fingerprint density at radius 3 is 2.38 bits per heavy atom. The summed E-state index contributed by atoms with van der Waals surface area (Å²) in [5.41, 5.74) is 0.673. The zero-order chi connectivity index (χ0) is 18.7. The Hall–Kier alpha value is -2.24. The molecule has 26 heavy (non-hydrogen) atoms. The van der Waals surface area contributed by atoms with E-state index in [1.54, 1.807) is 41.3 Å². The van der Waals surface area contributed by atoms with Crippen molar-refractivity contribution >= 4 is 35.0 Å². The fraction of sp³-hybridized carbons (Fsp3) is 0.263. The highest BCUT2D eigenvalue weighted by Gasteiger charge is 2.26. The molecule has 5 nitrogen and oxygen atoms in total. The highest BCUT2D eigenvalue weighted by molar-refractivity contribution is 6.36. The number of rotatable bonds is 3. The number of benzene rings is 2. The Kier molecular flexibility index (Phi) is 5.69. The quantitative estimate of drug-likeness (QED) is 0.835. The molecule has 3 rings (SSSR count). The predicted molar refractivity (Wildman–Crippen MR) is 101 cm³/mol. The molecule has 0 aliphatic carbocycles. The second-order valence-corrected chi connectivity index (χ2v) is 7.02. The average Bonchev–Trinajstić information content (AvgIpc) is 2.62. The third-order valence-corrected chi connectivity index (χ3v) is 4.98. The molecule has 1 heterocycles. The summed E-state index contributed by atoms with van der Waals surface area (Å²) in [6.07, 6.45) is 1.27. The number of carbonyl (C=O) groups excluding carboxylic acids is 2. The van der Waals surface area contributed by atoms with Crippen LogP contribution in [0, 0.1) is 0 Å². The van der Waals surface area contributed by atoms with Gasteiger partial charge in [-0.05, 0) is 43.2 Å². The summed E-state index contributed by atoms with van der Waals surface area (Å²) in [4.78, 5) is 26.6. The molecule has 0 saturated carbocycles. The van der Waals surface area contributed by atoms with Gasteiger partial charge in [0.1, 0.15) is 5.75 Å². The summed E-state index contributed by atoms with van der Waals surface area (Å²) in [7, 11) is 0. The molecule has 1 saturated heterocycles. The van der Waals surface area contributed by atoms with E-state index in [2.05, 4.69) is 5.32 Å². The molecule has 0 unspecified atom stereocenters. The standard InChI is InChI=1S/C19H18Cl2N2O3/c20-12-5-6-14(16(21)11-12)19(26)23-9-7-13(8-10-23)22-18(25)15-3-1-2-4-17(15)24/h1-6,11,13,24H,7-10H2,(H,22,25). The van der Waals surface area contributed by atoms with Crippen molar-refractivity contribution in [2.75, 3.05) is 13.1 Å². The van der Waals surface area contributed by atoms with Gasteiger partial charge in [-0.3, -0.25) is 9.59 Å². The zero-order valence-electron chi connectivity index (χ0n) is 13.9. The van der Waals surface area contributed by atoms with E-state index >= 15 is 0 Å². The molecule has 0 spiro atoms. The number of phenols is 1. The van der Waals surface area contributed by atoms with E-state index < -0.39 is 0 Å². The normalized spacial score (nSPS) is 14.9. The third kappa shape index (κ3) is 4.11. The predicted octanol–water partition coefficient (Wildman–Crippen LogP) is 3.73. The van der Waals surface area contributed by atoms with Crippen LogP contribution in [-0.4, -0.2) is 41.0 Å².